The molecule has 0 unspecified atom stereocenters. The summed E-state index contributed by atoms with van der Waals surface area (Å²) in [5.41, 5.74) is 0.576. The van der Waals surface area contributed by atoms with Crippen molar-refractivity contribution in [3.63, 3.8) is 0 Å². The first-order chi connectivity index (χ1) is 7.19. The Morgan fingerprint density at radius 2 is 2.47 bits per heavy atom. The van der Waals surface area contributed by atoms with Crippen LogP contribution in [0.5, 0.6) is 0 Å². The molecule has 15 heavy (non-hydrogen) atoms. The van der Waals surface area contributed by atoms with Gasteiger partial charge in [-0.3, -0.25) is 4.68 Å². The second kappa shape index (κ2) is 4.13. The minimum absolute atomic E-state index is 0.576. The summed E-state index contributed by atoms with van der Waals surface area (Å²) in [6.07, 6.45) is 3.28. The van der Waals surface area contributed by atoms with Crippen molar-refractivity contribution in [1.82, 2.24) is 14.8 Å². The van der Waals surface area contributed by atoms with Gasteiger partial charge >= 0.3 is 0 Å². The molecule has 0 aromatic carbocycles. The van der Waals surface area contributed by atoms with Crippen LogP contribution in [-0.2, 0) is 6.54 Å². The highest BCUT2D eigenvalue weighted by Gasteiger charge is 2.07. The number of halogens is 1. The summed E-state index contributed by atoms with van der Waals surface area (Å²) in [5.74, 6) is 0. The fraction of sp³-hybridized carbons (Fsp3) is 0.222. The van der Waals surface area contributed by atoms with Crippen molar-refractivity contribution in [3.05, 3.63) is 32.4 Å². The van der Waals surface area contributed by atoms with Crippen LogP contribution in [0.1, 0.15) is 15.4 Å². The van der Waals surface area contributed by atoms with Crippen molar-refractivity contribution in [3.8, 4) is 6.07 Å². The largest absolute Gasteiger partial charge is 0.266 e. The van der Waals surface area contributed by atoms with E-state index in [0.29, 0.717) is 12.1 Å². The van der Waals surface area contributed by atoms with E-state index in [1.807, 2.05) is 13.0 Å². The standard InChI is InChI=1S/C9H7BrN4S/c1-6-13-9(10)8(15-6)5-14-4-7(2-11)3-12-14/h3-4H,5H2,1H3. The number of aromatic nitrogens is 3. The Morgan fingerprint density at radius 3 is 3.00 bits per heavy atom. The van der Waals surface area contributed by atoms with Crippen molar-refractivity contribution < 1.29 is 0 Å². The Morgan fingerprint density at radius 1 is 1.67 bits per heavy atom. The van der Waals surface area contributed by atoms with Gasteiger partial charge in [-0.15, -0.1) is 11.3 Å². The van der Waals surface area contributed by atoms with Gasteiger partial charge in [-0.2, -0.15) is 10.4 Å². The van der Waals surface area contributed by atoms with Gasteiger partial charge in [-0.1, -0.05) is 0 Å². The zero-order chi connectivity index (χ0) is 10.8. The number of hydrogen-bond acceptors (Lipinski definition) is 4. The molecule has 0 amide bonds. The average molecular weight is 283 g/mol. The number of rotatable bonds is 2. The number of hydrogen-bond donors (Lipinski definition) is 0. The fourth-order valence-corrected chi connectivity index (χ4v) is 2.77. The van der Waals surface area contributed by atoms with Crippen LogP contribution in [-0.4, -0.2) is 14.8 Å². The van der Waals surface area contributed by atoms with Crippen LogP contribution in [0.3, 0.4) is 0 Å². The first kappa shape index (κ1) is 10.3. The highest BCUT2D eigenvalue weighted by Crippen LogP contribution is 2.23. The smallest absolute Gasteiger partial charge is 0.122 e. The van der Waals surface area contributed by atoms with Gasteiger partial charge in [-0.05, 0) is 22.9 Å². The van der Waals surface area contributed by atoms with Crippen LogP contribution in [0.2, 0.25) is 0 Å². The maximum absolute atomic E-state index is 8.65. The molecule has 2 rings (SSSR count). The maximum atomic E-state index is 8.65. The topological polar surface area (TPSA) is 54.5 Å². The molecule has 2 aromatic heterocycles. The van der Waals surface area contributed by atoms with Gasteiger partial charge in [0.05, 0.1) is 28.2 Å². The Bertz CT molecular complexity index is 522. The minimum Gasteiger partial charge on any atom is -0.266 e. The van der Waals surface area contributed by atoms with Crippen molar-refractivity contribution in [2.75, 3.05) is 0 Å². The Kier molecular flexibility index (Phi) is 2.84. The number of nitrogens with zero attached hydrogens (tertiary/aromatic N) is 4. The van der Waals surface area contributed by atoms with E-state index in [-0.39, 0.29) is 0 Å². The molecule has 6 heteroatoms. The van der Waals surface area contributed by atoms with E-state index in [1.54, 1.807) is 28.4 Å². The van der Waals surface area contributed by atoms with Gasteiger partial charge in [0.1, 0.15) is 10.7 Å². The third-order valence-corrected chi connectivity index (χ3v) is 3.70. The Balaban J connectivity index is 2.22. The lowest BCUT2D eigenvalue weighted by molar-refractivity contribution is 0.691. The van der Waals surface area contributed by atoms with Gasteiger partial charge in [0.25, 0.3) is 0 Å². The van der Waals surface area contributed by atoms with E-state index in [9.17, 15) is 0 Å². The van der Waals surface area contributed by atoms with E-state index in [0.717, 1.165) is 14.5 Å². The second-order valence-corrected chi connectivity index (χ2v) is 5.02. The summed E-state index contributed by atoms with van der Waals surface area (Å²) in [6.45, 7) is 2.61. The molecular weight excluding hydrogens is 276 g/mol. The molecule has 0 spiro atoms. The second-order valence-electron chi connectivity index (χ2n) is 2.99. The van der Waals surface area contributed by atoms with Crippen molar-refractivity contribution in [1.29, 1.82) is 5.26 Å². The van der Waals surface area contributed by atoms with E-state index >= 15 is 0 Å². The van der Waals surface area contributed by atoms with Crippen LogP contribution in [0.25, 0.3) is 0 Å². The molecule has 76 valence electrons. The summed E-state index contributed by atoms with van der Waals surface area (Å²) in [7, 11) is 0. The van der Waals surface area contributed by atoms with Crippen LogP contribution < -0.4 is 0 Å². The predicted octanol–water partition coefficient (Wildman–Crippen LogP) is 2.33. The summed E-state index contributed by atoms with van der Waals surface area (Å²) in [5, 5.41) is 13.8. The van der Waals surface area contributed by atoms with Crippen molar-refractivity contribution in [2.45, 2.75) is 13.5 Å². The van der Waals surface area contributed by atoms with Gasteiger partial charge in [0, 0.05) is 6.20 Å². The summed E-state index contributed by atoms with van der Waals surface area (Å²) in [4.78, 5) is 5.37. The molecule has 0 saturated heterocycles. The predicted molar refractivity (Wildman–Crippen MR) is 60.6 cm³/mol. The van der Waals surface area contributed by atoms with Crippen LogP contribution in [0.15, 0.2) is 17.0 Å². The molecule has 0 aliphatic rings. The molecule has 2 heterocycles. The fourth-order valence-electron chi connectivity index (χ4n) is 1.20. The molecule has 0 atom stereocenters. The SMILES string of the molecule is Cc1nc(Br)c(Cn2cc(C#N)cn2)s1. The number of aryl methyl sites for hydroxylation is 1. The summed E-state index contributed by atoms with van der Waals surface area (Å²) in [6, 6.07) is 2.05. The average Bonchev–Trinajstić information content (AvgIpc) is 2.75. The summed E-state index contributed by atoms with van der Waals surface area (Å²) >= 11 is 5.02. The van der Waals surface area contributed by atoms with E-state index in [4.69, 9.17) is 5.26 Å². The monoisotopic (exact) mass is 282 g/mol. The van der Waals surface area contributed by atoms with Crippen molar-refractivity contribution in [2.24, 2.45) is 0 Å². The van der Waals surface area contributed by atoms with Crippen LogP contribution in [0.4, 0.5) is 0 Å². The molecule has 0 N–H and O–H groups in total. The van der Waals surface area contributed by atoms with E-state index in [2.05, 4.69) is 26.0 Å². The zero-order valence-corrected chi connectivity index (χ0v) is 10.3. The molecule has 0 saturated carbocycles. The lowest BCUT2D eigenvalue weighted by Crippen LogP contribution is -1.98. The highest BCUT2D eigenvalue weighted by molar-refractivity contribution is 9.10. The van der Waals surface area contributed by atoms with E-state index in [1.165, 1.54) is 0 Å². The van der Waals surface area contributed by atoms with Crippen LogP contribution >= 0.6 is 27.3 Å². The lowest BCUT2D eigenvalue weighted by Gasteiger charge is -1.97. The molecular formula is C9H7BrN4S. The molecule has 0 aliphatic heterocycles. The molecule has 0 bridgehead atoms. The lowest BCUT2D eigenvalue weighted by atomic mass is 10.4. The first-order valence-corrected chi connectivity index (χ1v) is 5.84. The number of nitriles is 1. The molecule has 4 nitrogen and oxygen atoms in total. The minimum atomic E-state index is 0.576. The highest BCUT2D eigenvalue weighted by atomic mass is 79.9. The molecule has 0 fully saturated rings. The summed E-state index contributed by atoms with van der Waals surface area (Å²) < 4.78 is 2.59. The number of thiazole rings is 1. The maximum Gasteiger partial charge on any atom is 0.122 e. The normalized spacial score (nSPS) is 10.2. The van der Waals surface area contributed by atoms with Crippen molar-refractivity contribution >= 4 is 27.3 Å². The molecule has 0 aliphatic carbocycles. The zero-order valence-electron chi connectivity index (χ0n) is 7.94. The van der Waals surface area contributed by atoms with Crippen LogP contribution in [0, 0.1) is 18.3 Å². The molecule has 2 aromatic rings. The van der Waals surface area contributed by atoms with Gasteiger partial charge in [0.2, 0.25) is 0 Å². The Labute approximate surface area is 99.3 Å². The first-order valence-electron chi connectivity index (χ1n) is 4.23. The van der Waals surface area contributed by atoms with Gasteiger partial charge in [-0.25, -0.2) is 4.98 Å². The van der Waals surface area contributed by atoms with E-state index < -0.39 is 0 Å². The van der Waals surface area contributed by atoms with Gasteiger partial charge in [0.15, 0.2) is 0 Å². The molecule has 0 radical (unpaired) electrons. The Hall–Kier alpha value is -1.19. The van der Waals surface area contributed by atoms with Gasteiger partial charge < -0.3 is 0 Å². The third-order valence-electron chi connectivity index (χ3n) is 1.82. The third kappa shape index (κ3) is 2.25. The quantitative estimate of drug-likeness (QED) is 0.850.